The molecule has 1 saturated heterocycles. The molecule has 3 aromatic rings. The smallest absolute Gasteiger partial charge is 0.211 e. The molecule has 1 atom stereocenters. The van der Waals surface area contributed by atoms with Crippen LogP contribution in [0.15, 0.2) is 57.2 Å². The van der Waals surface area contributed by atoms with Crippen LogP contribution in [0.5, 0.6) is 0 Å². The minimum absolute atomic E-state index is 0.0661. The zero-order chi connectivity index (χ0) is 23.0. The van der Waals surface area contributed by atoms with Crippen molar-refractivity contribution in [2.45, 2.75) is 56.4 Å². The zero-order valence-corrected chi connectivity index (χ0v) is 19.6. The van der Waals surface area contributed by atoms with Crippen LogP contribution in [0.25, 0.3) is 10.9 Å². The van der Waals surface area contributed by atoms with Gasteiger partial charge in [0.2, 0.25) is 15.3 Å². The number of halogens is 1. The molecule has 1 aliphatic rings. The molecule has 5 nitrogen and oxygen atoms in total. The standard InChI is InChI=1S/C25H29FN2O3S/c1-4-10-27-16-24(32(30,31)19-9-5-7-17(2)12-19)25(29)20-13-21(26)23(14-22(20)27)28-11-6-8-18(3)15-28/h5,7,9,12-14,16,18H,4,6,8,10-11,15H2,1-3H3/t18-/m1/s1. The molecule has 0 amide bonds. The Morgan fingerprint density at radius 2 is 1.97 bits per heavy atom. The lowest BCUT2D eigenvalue weighted by Crippen LogP contribution is -2.35. The highest BCUT2D eigenvalue weighted by atomic mass is 32.2. The van der Waals surface area contributed by atoms with E-state index in [2.05, 4.69) is 6.92 Å². The van der Waals surface area contributed by atoms with Gasteiger partial charge in [0, 0.05) is 25.8 Å². The molecule has 0 saturated carbocycles. The summed E-state index contributed by atoms with van der Waals surface area (Å²) in [5, 5.41) is 0.0958. The van der Waals surface area contributed by atoms with Crippen molar-refractivity contribution in [3.8, 4) is 0 Å². The average molecular weight is 457 g/mol. The van der Waals surface area contributed by atoms with Crippen LogP contribution >= 0.6 is 0 Å². The molecule has 0 radical (unpaired) electrons. The number of benzene rings is 2. The number of hydrogen-bond donors (Lipinski definition) is 0. The van der Waals surface area contributed by atoms with E-state index in [1.807, 2.05) is 11.8 Å². The van der Waals surface area contributed by atoms with Gasteiger partial charge in [0.15, 0.2) is 0 Å². The maximum atomic E-state index is 15.2. The van der Waals surface area contributed by atoms with Crippen LogP contribution in [0.2, 0.25) is 0 Å². The Kier molecular flexibility index (Phi) is 6.12. The van der Waals surface area contributed by atoms with Crippen molar-refractivity contribution in [1.82, 2.24) is 4.57 Å². The first-order valence-corrected chi connectivity index (χ1v) is 12.6. The predicted octanol–water partition coefficient (Wildman–Crippen LogP) is 4.93. The number of hydrogen-bond acceptors (Lipinski definition) is 4. The number of sulfone groups is 1. The van der Waals surface area contributed by atoms with Gasteiger partial charge in [-0.25, -0.2) is 12.8 Å². The largest absolute Gasteiger partial charge is 0.369 e. The summed E-state index contributed by atoms with van der Waals surface area (Å²) < 4.78 is 43.6. The third kappa shape index (κ3) is 4.06. The number of anilines is 1. The number of fused-ring (bicyclic) bond motifs is 1. The summed E-state index contributed by atoms with van der Waals surface area (Å²) in [4.78, 5) is 15.1. The molecule has 2 aromatic carbocycles. The van der Waals surface area contributed by atoms with Crippen molar-refractivity contribution in [3.63, 3.8) is 0 Å². The van der Waals surface area contributed by atoms with Crippen LogP contribution in [-0.2, 0) is 16.4 Å². The van der Waals surface area contributed by atoms with Crippen LogP contribution in [-0.4, -0.2) is 26.1 Å². The Bertz CT molecular complexity index is 1330. The SMILES string of the molecule is CCCn1cc(S(=O)(=O)c2cccc(C)c2)c(=O)c2cc(F)c(N3CCC[C@@H](C)C3)cc21. The zero-order valence-electron chi connectivity index (χ0n) is 18.8. The van der Waals surface area contributed by atoms with Crippen molar-refractivity contribution in [2.24, 2.45) is 5.92 Å². The number of nitrogens with zero attached hydrogens (tertiary/aromatic N) is 2. The van der Waals surface area contributed by atoms with Gasteiger partial charge in [-0.15, -0.1) is 0 Å². The molecule has 0 N–H and O–H groups in total. The lowest BCUT2D eigenvalue weighted by Gasteiger charge is -2.33. The molecular formula is C25H29FN2O3S. The van der Waals surface area contributed by atoms with E-state index < -0.39 is 21.1 Å². The molecule has 170 valence electrons. The van der Waals surface area contributed by atoms with Crippen LogP contribution in [0, 0.1) is 18.7 Å². The van der Waals surface area contributed by atoms with Crippen LogP contribution in [0.3, 0.4) is 0 Å². The molecule has 0 bridgehead atoms. The van der Waals surface area contributed by atoms with Crippen LogP contribution < -0.4 is 10.3 Å². The lowest BCUT2D eigenvalue weighted by molar-refractivity contribution is 0.442. The fourth-order valence-corrected chi connectivity index (χ4v) is 6.02. The summed E-state index contributed by atoms with van der Waals surface area (Å²) in [7, 11) is -4.04. The maximum Gasteiger partial charge on any atom is 0.211 e. The second-order valence-electron chi connectivity index (χ2n) is 8.85. The topological polar surface area (TPSA) is 59.4 Å². The van der Waals surface area contributed by atoms with Crippen LogP contribution in [0.4, 0.5) is 10.1 Å². The minimum Gasteiger partial charge on any atom is -0.369 e. The lowest BCUT2D eigenvalue weighted by atomic mass is 9.99. The van der Waals surface area contributed by atoms with E-state index >= 15 is 4.39 Å². The number of piperidine rings is 1. The van der Waals surface area contributed by atoms with E-state index in [0.29, 0.717) is 23.7 Å². The fraction of sp³-hybridized carbons (Fsp3) is 0.400. The molecule has 0 unspecified atom stereocenters. The molecule has 4 rings (SSSR count). The number of pyridine rings is 1. The minimum atomic E-state index is -4.04. The van der Waals surface area contributed by atoms with Crippen molar-refractivity contribution in [3.05, 3.63) is 64.2 Å². The number of aromatic nitrogens is 1. The van der Waals surface area contributed by atoms with Gasteiger partial charge in [0.05, 0.1) is 21.5 Å². The first-order chi connectivity index (χ1) is 15.2. The maximum absolute atomic E-state index is 15.2. The quantitative estimate of drug-likeness (QED) is 0.546. The normalized spacial score (nSPS) is 17.1. The van der Waals surface area contributed by atoms with Gasteiger partial charge in [-0.3, -0.25) is 4.79 Å². The highest BCUT2D eigenvalue weighted by Gasteiger charge is 2.26. The summed E-state index contributed by atoms with van der Waals surface area (Å²) in [6.07, 6.45) is 4.28. The number of rotatable bonds is 5. The highest BCUT2D eigenvalue weighted by Crippen LogP contribution is 2.30. The fourth-order valence-electron chi connectivity index (χ4n) is 4.55. The van der Waals surface area contributed by atoms with Crippen molar-refractivity contribution in [1.29, 1.82) is 0 Å². The van der Waals surface area contributed by atoms with E-state index in [1.54, 1.807) is 35.8 Å². The van der Waals surface area contributed by atoms with E-state index in [-0.39, 0.29) is 15.2 Å². The molecular weight excluding hydrogens is 427 g/mol. The molecule has 2 heterocycles. The van der Waals surface area contributed by atoms with Crippen molar-refractivity contribution in [2.75, 3.05) is 18.0 Å². The summed E-state index contributed by atoms with van der Waals surface area (Å²) in [6, 6.07) is 9.41. The third-order valence-corrected chi connectivity index (χ3v) is 7.91. The Morgan fingerprint density at radius 1 is 1.19 bits per heavy atom. The van der Waals surface area contributed by atoms with Gasteiger partial charge in [-0.1, -0.05) is 26.0 Å². The first kappa shape index (κ1) is 22.5. The Morgan fingerprint density at radius 3 is 2.66 bits per heavy atom. The predicted molar refractivity (Wildman–Crippen MR) is 126 cm³/mol. The molecule has 7 heteroatoms. The Labute approximate surface area is 188 Å². The Hall–Kier alpha value is -2.67. The third-order valence-electron chi connectivity index (χ3n) is 6.17. The summed E-state index contributed by atoms with van der Waals surface area (Å²) in [5.41, 5.74) is 1.16. The second-order valence-corrected chi connectivity index (χ2v) is 10.8. The average Bonchev–Trinajstić information content (AvgIpc) is 2.75. The second kappa shape index (κ2) is 8.70. The molecule has 32 heavy (non-hydrogen) atoms. The molecule has 1 aliphatic heterocycles. The van der Waals surface area contributed by atoms with E-state index in [9.17, 15) is 13.2 Å². The van der Waals surface area contributed by atoms with Crippen LogP contribution in [0.1, 0.15) is 38.7 Å². The van der Waals surface area contributed by atoms with E-state index in [0.717, 1.165) is 37.9 Å². The van der Waals surface area contributed by atoms with Gasteiger partial charge in [-0.05, 0) is 61.9 Å². The summed E-state index contributed by atoms with van der Waals surface area (Å²) >= 11 is 0. The first-order valence-electron chi connectivity index (χ1n) is 11.2. The van der Waals surface area contributed by atoms with E-state index in [4.69, 9.17) is 0 Å². The van der Waals surface area contributed by atoms with Gasteiger partial charge in [0.25, 0.3) is 0 Å². The highest BCUT2D eigenvalue weighted by molar-refractivity contribution is 7.91. The molecule has 0 spiro atoms. The Balaban J connectivity index is 1.93. The monoisotopic (exact) mass is 456 g/mol. The molecule has 0 aliphatic carbocycles. The van der Waals surface area contributed by atoms with Crippen molar-refractivity contribution >= 4 is 26.4 Å². The van der Waals surface area contributed by atoms with Gasteiger partial charge in [0.1, 0.15) is 10.7 Å². The van der Waals surface area contributed by atoms with Crippen molar-refractivity contribution < 1.29 is 12.8 Å². The summed E-state index contributed by atoms with van der Waals surface area (Å²) in [6.45, 7) is 7.99. The van der Waals surface area contributed by atoms with E-state index in [1.165, 1.54) is 18.3 Å². The summed E-state index contributed by atoms with van der Waals surface area (Å²) in [5.74, 6) is -0.0182. The van der Waals surface area contributed by atoms with Gasteiger partial charge in [-0.2, -0.15) is 0 Å². The number of aryl methyl sites for hydroxylation is 2. The molecule has 1 fully saturated rings. The molecule has 1 aromatic heterocycles. The van der Waals surface area contributed by atoms with Gasteiger partial charge >= 0.3 is 0 Å². The van der Waals surface area contributed by atoms with Gasteiger partial charge < -0.3 is 9.47 Å².